The number of amides is 1. The molecule has 3 aromatic rings. The molecule has 2 N–H and O–H groups in total. The number of ketones is 1. The van der Waals surface area contributed by atoms with Gasteiger partial charge in [0.15, 0.2) is 11.5 Å². The molecule has 4 rings (SSSR count). The van der Waals surface area contributed by atoms with Gasteiger partial charge in [-0.3, -0.25) is 9.59 Å². The monoisotopic (exact) mass is 375 g/mol. The lowest BCUT2D eigenvalue weighted by atomic mass is 9.95. The van der Waals surface area contributed by atoms with Crippen molar-refractivity contribution in [3.63, 3.8) is 0 Å². The molecule has 0 saturated carbocycles. The van der Waals surface area contributed by atoms with Gasteiger partial charge in [-0.2, -0.15) is 0 Å². The van der Waals surface area contributed by atoms with Crippen LogP contribution >= 0.6 is 0 Å². The lowest BCUT2D eigenvalue weighted by Crippen LogP contribution is -2.30. The van der Waals surface area contributed by atoms with Crippen molar-refractivity contribution in [2.75, 3.05) is 0 Å². The molecule has 0 spiro atoms. The molecule has 6 heteroatoms. The molecule has 0 saturated heterocycles. The molecule has 1 aromatic heterocycles. The van der Waals surface area contributed by atoms with Gasteiger partial charge in [0, 0.05) is 6.54 Å². The number of phenolic OH excluding ortho intramolecular Hbond substituents is 1. The summed E-state index contributed by atoms with van der Waals surface area (Å²) >= 11 is 0. The minimum absolute atomic E-state index is 0.0402. The van der Waals surface area contributed by atoms with Crippen LogP contribution in [-0.2, 0) is 11.3 Å². The van der Waals surface area contributed by atoms with E-state index in [1.807, 2.05) is 30.3 Å². The Balaban J connectivity index is 1.79. The van der Waals surface area contributed by atoms with Crippen LogP contribution in [0.15, 0.2) is 88.7 Å². The van der Waals surface area contributed by atoms with E-state index in [2.05, 4.69) is 0 Å². The molecular weight excluding hydrogens is 358 g/mol. The van der Waals surface area contributed by atoms with E-state index in [-0.39, 0.29) is 23.6 Å². The minimum Gasteiger partial charge on any atom is -0.508 e. The van der Waals surface area contributed by atoms with E-state index in [0.717, 1.165) is 5.56 Å². The topological polar surface area (TPSA) is 91.0 Å². The molecule has 2 heterocycles. The molecule has 6 nitrogen and oxygen atoms in total. The molecule has 0 fully saturated rings. The van der Waals surface area contributed by atoms with Crippen molar-refractivity contribution in [1.82, 2.24) is 4.90 Å². The number of carbonyl (C=O) groups excluding carboxylic acids is 2. The first kappa shape index (κ1) is 17.6. The van der Waals surface area contributed by atoms with Crippen molar-refractivity contribution in [3.8, 4) is 5.75 Å². The summed E-state index contributed by atoms with van der Waals surface area (Å²) in [6, 6.07) is 17.8. The molecule has 1 unspecified atom stereocenters. The van der Waals surface area contributed by atoms with Gasteiger partial charge >= 0.3 is 0 Å². The highest BCUT2D eigenvalue weighted by atomic mass is 16.3. The zero-order valence-corrected chi connectivity index (χ0v) is 14.8. The van der Waals surface area contributed by atoms with Crippen molar-refractivity contribution < 1.29 is 24.2 Å². The lowest BCUT2D eigenvalue weighted by Gasteiger charge is -2.26. The van der Waals surface area contributed by atoms with Crippen LogP contribution in [-0.4, -0.2) is 26.8 Å². The number of nitrogens with zero attached hydrogens (tertiary/aromatic N) is 1. The molecule has 1 atom stereocenters. The van der Waals surface area contributed by atoms with Gasteiger partial charge in [-0.25, -0.2) is 0 Å². The van der Waals surface area contributed by atoms with Gasteiger partial charge in [0.1, 0.15) is 5.75 Å². The first-order valence-electron chi connectivity index (χ1n) is 8.71. The highest BCUT2D eigenvalue weighted by molar-refractivity contribution is 6.14. The Morgan fingerprint density at radius 3 is 2.32 bits per heavy atom. The van der Waals surface area contributed by atoms with E-state index in [0.29, 0.717) is 5.56 Å². The summed E-state index contributed by atoms with van der Waals surface area (Å²) in [5, 5.41) is 20.1. The van der Waals surface area contributed by atoms with Gasteiger partial charge in [0.05, 0.1) is 17.9 Å². The fraction of sp³-hybridized carbons (Fsp3) is 0.0909. The fourth-order valence-electron chi connectivity index (χ4n) is 3.37. The predicted octanol–water partition coefficient (Wildman–Crippen LogP) is 3.76. The summed E-state index contributed by atoms with van der Waals surface area (Å²) in [7, 11) is 0. The number of furan rings is 1. The van der Waals surface area contributed by atoms with Gasteiger partial charge in [-0.05, 0) is 35.4 Å². The maximum Gasteiger partial charge on any atom is 0.290 e. The summed E-state index contributed by atoms with van der Waals surface area (Å²) in [5.41, 5.74) is 1.42. The molecular formula is C22H17NO5. The number of carbonyl (C=O) groups is 2. The van der Waals surface area contributed by atoms with Gasteiger partial charge in [0.25, 0.3) is 5.91 Å². The highest BCUT2D eigenvalue weighted by Crippen LogP contribution is 2.40. The number of benzene rings is 2. The van der Waals surface area contributed by atoms with Crippen LogP contribution in [0.4, 0.5) is 0 Å². The number of rotatable bonds is 5. The Morgan fingerprint density at radius 2 is 1.68 bits per heavy atom. The summed E-state index contributed by atoms with van der Waals surface area (Å²) in [6.45, 7) is 0.213. The van der Waals surface area contributed by atoms with Gasteiger partial charge in [-0.15, -0.1) is 0 Å². The summed E-state index contributed by atoms with van der Waals surface area (Å²) in [5.74, 6) is -1.66. The van der Waals surface area contributed by atoms with Gasteiger partial charge in [-0.1, -0.05) is 42.5 Å². The smallest absolute Gasteiger partial charge is 0.290 e. The van der Waals surface area contributed by atoms with E-state index in [1.165, 1.54) is 29.4 Å². The van der Waals surface area contributed by atoms with E-state index in [1.54, 1.807) is 18.2 Å². The van der Waals surface area contributed by atoms with Crippen LogP contribution in [0.25, 0.3) is 0 Å². The average molecular weight is 375 g/mol. The Labute approximate surface area is 161 Å². The standard InChI is InChI=1S/C22H17NO5/c24-16-10-8-15(9-11-16)19-18(20(25)17-7-4-12-28-17)21(26)22(27)23(19)13-14-5-2-1-3-6-14/h1-12,19,24,26H,13H2. The van der Waals surface area contributed by atoms with Gasteiger partial charge < -0.3 is 19.5 Å². The second-order valence-electron chi connectivity index (χ2n) is 6.48. The van der Waals surface area contributed by atoms with Crippen molar-refractivity contribution in [2.45, 2.75) is 12.6 Å². The normalized spacial score (nSPS) is 16.6. The van der Waals surface area contributed by atoms with Crippen LogP contribution in [0.3, 0.4) is 0 Å². The zero-order valence-electron chi connectivity index (χ0n) is 14.8. The lowest BCUT2D eigenvalue weighted by molar-refractivity contribution is -0.130. The van der Waals surface area contributed by atoms with Crippen LogP contribution in [0.1, 0.15) is 27.7 Å². The minimum atomic E-state index is -0.800. The first-order valence-corrected chi connectivity index (χ1v) is 8.71. The third-order valence-corrected chi connectivity index (χ3v) is 4.70. The second-order valence-corrected chi connectivity index (χ2v) is 6.48. The number of aromatic hydroxyl groups is 1. The molecule has 0 radical (unpaired) electrons. The molecule has 0 aliphatic carbocycles. The Kier molecular flexibility index (Phi) is 4.45. The highest BCUT2D eigenvalue weighted by Gasteiger charge is 2.44. The maximum absolute atomic E-state index is 13.0. The molecule has 28 heavy (non-hydrogen) atoms. The molecule has 1 amide bonds. The number of Topliss-reactive ketones (excluding diaryl/α,β-unsaturated/α-hetero) is 1. The number of hydrogen-bond acceptors (Lipinski definition) is 5. The quantitative estimate of drug-likeness (QED) is 0.663. The van der Waals surface area contributed by atoms with E-state index < -0.39 is 23.5 Å². The Bertz CT molecular complexity index is 1040. The Hall–Kier alpha value is -3.80. The van der Waals surface area contributed by atoms with E-state index in [9.17, 15) is 19.8 Å². The molecule has 2 aromatic carbocycles. The van der Waals surface area contributed by atoms with Crippen LogP contribution in [0.2, 0.25) is 0 Å². The van der Waals surface area contributed by atoms with Crippen molar-refractivity contribution >= 4 is 11.7 Å². The number of phenols is 1. The average Bonchev–Trinajstić information content (AvgIpc) is 3.33. The third kappa shape index (κ3) is 3.05. The largest absolute Gasteiger partial charge is 0.508 e. The van der Waals surface area contributed by atoms with Crippen molar-refractivity contribution in [1.29, 1.82) is 0 Å². The molecule has 0 bridgehead atoms. The maximum atomic E-state index is 13.0. The van der Waals surface area contributed by atoms with E-state index >= 15 is 0 Å². The van der Waals surface area contributed by atoms with E-state index in [4.69, 9.17) is 4.42 Å². The second kappa shape index (κ2) is 7.08. The van der Waals surface area contributed by atoms with Crippen LogP contribution < -0.4 is 0 Å². The number of hydrogen-bond donors (Lipinski definition) is 2. The third-order valence-electron chi connectivity index (χ3n) is 4.70. The predicted molar refractivity (Wildman–Crippen MR) is 101 cm³/mol. The summed E-state index contributed by atoms with van der Waals surface area (Å²) in [6.07, 6.45) is 1.36. The molecule has 1 aliphatic rings. The summed E-state index contributed by atoms with van der Waals surface area (Å²) in [4.78, 5) is 27.2. The number of aliphatic hydroxyl groups excluding tert-OH is 1. The number of aliphatic hydroxyl groups is 1. The Morgan fingerprint density at radius 1 is 0.964 bits per heavy atom. The van der Waals surface area contributed by atoms with Crippen LogP contribution in [0, 0.1) is 0 Å². The van der Waals surface area contributed by atoms with Crippen molar-refractivity contribution in [3.05, 3.63) is 101 Å². The fourth-order valence-corrected chi connectivity index (χ4v) is 3.37. The van der Waals surface area contributed by atoms with Crippen LogP contribution in [0.5, 0.6) is 5.75 Å². The zero-order chi connectivity index (χ0) is 19.7. The molecule has 1 aliphatic heterocycles. The molecule has 140 valence electrons. The SMILES string of the molecule is O=C(C1=C(O)C(=O)N(Cc2ccccc2)C1c1ccc(O)cc1)c1ccco1. The first-order chi connectivity index (χ1) is 13.6. The summed E-state index contributed by atoms with van der Waals surface area (Å²) < 4.78 is 5.18. The van der Waals surface area contributed by atoms with Crippen molar-refractivity contribution in [2.24, 2.45) is 0 Å². The van der Waals surface area contributed by atoms with Gasteiger partial charge in [0.2, 0.25) is 5.78 Å².